The lowest BCUT2D eigenvalue weighted by Gasteiger charge is -2.18. The van der Waals surface area contributed by atoms with Gasteiger partial charge >= 0.3 is 5.97 Å². The van der Waals surface area contributed by atoms with Crippen LogP contribution in [0.4, 0.5) is 0 Å². The molecule has 3 heterocycles. The summed E-state index contributed by atoms with van der Waals surface area (Å²) in [7, 11) is 0. The standard InChI is InChI=1S/C14H17N3O4/c1-8-6-10(9(2)20-8)13-16-15-12(21-13)7-17-5-3-4-11(17)14(18)19/h6,11H,3-5,7H2,1-2H3,(H,18,19). The number of hydrogen-bond acceptors (Lipinski definition) is 6. The minimum Gasteiger partial charge on any atom is -0.480 e. The Morgan fingerprint density at radius 1 is 1.43 bits per heavy atom. The van der Waals surface area contributed by atoms with E-state index in [4.69, 9.17) is 13.9 Å². The summed E-state index contributed by atoms with van der Waals surface area (Å²) in [6.07, 6.45) is 1.54. The molecule has 1 atom stereocenters. The maximum atomic E-state index is 11.2. The number of hydrogen-bond donors (Lipinski definition) is 1. The maximum Gasteiger partial charge on any atom is 0.320 e. The molecule has 0 aromatic carbocycles. The minimum atomic E-state index is -0.798. The zero-order valence-electron chi connectivity index (χ0n) is 12.0. The van der Waals surface area contributed by atoms with Gasteiger partial charge in [-0.15, -0.1) is 10.2 Å². The van der Waals surface area contributed by atoms with Crippen LogP contribution in [0, 0.1) is 13.8 Å². The van der Waals surface area contributed by atoms with Crippen LogP contribution < -0.4 is 0 Å². The molecule has 0 bridgehead atoms. The van der Waals surface area contributed by atoms with Gasteiger partial charge < -0.3 is 13.9 Å². The SMILES string of the molecule is Cc1cc(-c2nnc(CN3CCCC3C(=O)O)o2)c(C)o1. The van der Waals surface area contributed by atoms with Gasteiger partial charge in [0, 0.05) is 0 Å². The highest BCUT2D eigenvalue weighted by atomic mass is 16.4. The normalized spacial score (nSPS) is 19.2. The summed E-state index contributed by atoms with van der Waals surface area (Å²) in [5.41, 5.74) is 0.780. The smallest absolute Gasteiger partial charge is 0.320 e. The van der Waals surface area contributed by atoms with Crippen LogP contribution in [-0.4, -0.2) is 38.8 Å². The Kier molecular flexibility index (Phi) is 3.50. The van der Waals surface area contributed by atoms with E-state index in [1.54, 1.807) is 0 Å². The number of aryl methyl sites for hydroxylation is 2. The highest BCUT2D eigenvalue weighted by Gasteiger charge is 2.31. The second-order valence-electron chi connectivity index (χ2n) is 5.29. The molecular formula is C14H17N3O4. The topological polar surface area (TPSA) is 92.6 Å². The fourth-order valence-corrected chi connectivity index (χ4v) is 2.74. The quantitative estimate of drug-likeness (QED) is 0.920. The average Bonchev–Trinajstić information content (AvgIpc) is 3.10. The van der Waals surface area contributed by atoms with Gasteiger partial charge in [-0.1, -0.05) is 0 Å². The van der Waals surface area contributed by atoms with Crippen molar-refractivity contribution in [2.24, 2.45) is 0 Å². The Hall–Kier alpha value is -2.15. The van der Waals surface area contributed by atoms with Gasteiger partial charge in [0.05, 0.1) is 12.1 Å². The summed E-state index contributed by atoms with van der Waals surface area (Å²) in [5.74, 6) is 1.55. The summed E-state index contributed by atoms with van der Waals surface area (Å²) in [4.78, 5) is 13.0. The van der Waals surface area contributed by atoms with E-state index in [9.17, 15) is 4.79 Å². The van der Waals surface area contributed by atoms with Crippen LogP contribution in [0.2, 0.25) is 0 Å². The monoisotopic (exact) mass is 291 g/mol. The predicted molar refractivity (Wildman–Crippen MR) is 72.5 cm³/mol. The number of rotatable bonds is 4. The molecule has 0 amide bonds. The lowest BCUT2D eigenvalue weighted by Crippen LogP contribution is -2.35. The first kappa shape index (κ1) is 13.8. The molecule has 7 nitrogen and oxygen atoms in total. The number of carbonyl (C=O) groups is 1. The molecule has 0 radical (unpaired) electrons. The third-order valence-electron chi connectivity index (χ3n) is 3.73. The molecule has 1 saturated heterocycles. The van der Waals surface area contributed by atoms with Gasteiger partial charge in [0.15, 0.2) is 0 Å². The number of nitrogens with zero attached hydrogens (tertiary/aromatic N) is 3. The number of likely N-dealkylation sites (tertiary alicyclic amines) is 1. The maximum absolute atomic E-state index is 11.2. The average molecular weight is 291 g/mol. The Balaban J connectivity index is 1.76. The lowest BCUT2D eigenvalue weighted by atomic mass is 10.2. The summed E-state index contributed by atoms with van der Waals surface area (Å²) in [6.45, 7) is 4.79. The van der Waals surface area contributed by atoms with E-state index in [1.807, 2.05) is 24.8 Å². The second-order valence-corrected chi connectivity index (χ2v) is 5.29. The molecule has 3 rings (SSSR count). The minimum absolute atomic E-state index is 0.361. The van der Waals surface area contributed by atoms with Gasteiger partial charge in [-0.05, 0) is 39.3 Å². The van der Waals surface area contributed by atoms with E-state index in [2.05, 4.69) is 10.2 Å². The molecule has 1 N–H and O–H groups in total. The highest BCUT2D eigenvalue weighted by molar-refractivity contribution is 5.73. The molecule has 7 heteroatoms. The van der Waals surface area contributed by atoms with Crippen molar-refractivity contribution in [2.45, 2.75) is 39.3 Å². The van der Waals surface area contributed by atoms with Crippen LogP contribution in [0.1, 0.15) is 30.3 Å². The van der Waals surface area contributed by atoms with Gasteiger partial charge in [-0.2, -0.15) is 0 Å². The van der Waals surface area contributed by atoms with Gasteiger partial charge in [0.2, 0.25) is 5.89 Å². The zero-order chi connectivity index (χ0) is 15.0. The van der Waals surface area contributed by atoms with Gasteiger partial charge in [-0.3, -0.25) is 9.69 Å². The Morgan fingerprint density at radius 2 is 2.24 bits per heavy atom. The van der Waals surface area contributed by atoms with E-state index in [0.29, 0.717) is 24.7 Å². The molecule has 1 aliphatic heterocycles. The fourth-order valence-electron chi connectivity index (χ4n) is 2.74. The predicted octanol–water partition coefficient (Wildman–Crippen LogP) is 2.00. The molecule has 1 unspecified atom stereocenters. The van der Waals surface area contributed by atoms with Crippen molar-refractivity contribution < 1.29 is 18.7 Å². The van der Waals surface area contributed by atoms with E-state index >= 15 is 0 Å². The van der Waals surface area contributed by atoms with Crippen LogP contribution in [0.25, 0.3) is 11.5 Å². The first-order valence-electron chi connectivity index (χ1n) is 6.91. The molecule has 21 heavy (non-hydrogen) atoms. The lowest BCUT2D eigenvalue weighted by molar-refractivity contribution is -0.142. The fraction of sp³-hybridized carbons (Fsp3) is 0.500. The Labute approximate surface area is 121 Å². The summed E-state index contributed by atoms with van der Waals surface area (Å²) < 4.78 is 11.1. The summed E-state index contributed by atoms with van der Waals surface area (Å²) in [5, 5.41) is 17.2. The molecular weight excluding hydrogens is 274 g/mol. The number of aliphatic carboxylic acids is 1. The van der Waals surface area contributed by atoms with Crippen LogP contribution in [0.3, 0.4) is 0 Å². The van der Waals surface area contributed by atoms with Gasteiger partial charge in [-0.25, -0.2) is 0 Å². The summed E-state index contributed by atoms with van der Waals surface area (Å²) >= 11 is 0. The van der Waals surface area contributed by atoms with Crippen molar-refractivity contribution in [3.05, 3.63) is 23.5 Å². The number of aromatic nitrogens is 2. The van der Waals surface area contributed by atoms with Crippen molar-refractivity contribution >= 4 is 5.97 Å². The number of carboxylic acid groups (broad SMARTS) is 1. The van der Waals surface area contributed by atoms with Crippen LogP contribution in [-0.2, 0) is 11.3 Å². The van der Waals surface area contributed by atoms with Gasteiger partial charge in [0.1, 0.15) is 17.6 Å². The largest absolute Gasteiger partial charge is 0.480 e. The van der Waals surface area contributed by atoms with Crippen molar-refractivity contribution in [1.29, 1.82) is 0 Å². The molecule has 0 aliphatic carbocycles. The third kappa shape index (κ3) is 2.69. The second kappa shape index (κ2) is 5.33. The Bertz CT molecular complexity index is 661. The Morgan fingerprint density at radius 3 is 2.90 bits per heavy atom. The molecule has 1 aliphatic rings. The first-order valence-corrected chi connectivity index (χ1v) is 6.91. The molecule has 112 valence electrons. The van der Waals surface area contributed by atoms with Gasteiger partial charge in [0.25, 0.3) is 5.89 Å². The third-order valence-corrected chi connectivity index (χ3v) is 3.73. The molecule has 0 spiro atoms. The van der Waals surface area contributed by atoms with E-state index < -0.39 is 12.0 Å². The van der Waals surface area contributed by atoms with E-state index in [1.165, 1.54) is 0 Å². The van der Waals surface area contributed by atoms with E-state index in [0.717, 1.165) is 30.0 Å². The molecule has 1 fully saturated rings. The van der Waals surface area contributed by atoms with Crippen molar-refractivity contribution in [3.63, 3.8) is 0 Å². The van der Waals surface area contributed by atoms with Crippen LogP contribution in [0.15, 0.2) is 14.9 Å². The van der Waals surface area contributed by atoms with Crippen molar-refractivity contribution in [1.82, 2.24) is 15.1 Å². The van der Waals surface area contributed by atoms with Crippen molar-refractivity contribution in [3.8, 4) is 11.5 Å². The zero-order valence-corrected chi connectivity index (χ0v) is 12.0. The van der Waals surface area contributed by atoms with Crippen molar-refractivity contribution in [2.75, 3.05) is 6.54 Å². The summed E-state index contributed by atoms with van der Waals surface area (Å²) in [6, 6.07) is 1.39. The molecule has 2 aromatic rings. The molecule has 2 aromatic heterocycles. The van der Waals surface area contributed by atoms with Crippen LogP contribution in [0.5, 0.6) is 0 Å². The first-order chi connectivity index (χ1) is 10.0. The molecule has 0 saturated carbocycles. The number of furan rings is 1. The highest BCUT2D eigenvalue weighted by Crippen LogP contribution is 2.26. The van der Waals surface area contributed by atoms with Crippen LogP contribution >= 0.6 is 0 Å². The number of carboxylic acids is 1. The van der Waals surface area contributed by atoms with E-state index in [-0.39, 0.29) is 0 Å².